The van der Waals surface area contributed by atoms with Gasteiger partial charge in [0.2, 0.25) is 0 Å². The topological polar surface area (TPSA) is 433 Å². The van der Waals surface area contributed by atoms with Gasteiger partial charge < -0.3 is 129 Å². The zero-order valence-electron chi connectivity index (χ0n) is 43.5. The molecule has 0 bridgehead atoms. The van der Waals surface area contributed by atoms with Crippen LogP contribution < -0.4 is 0 Å². The van der Waals surface area contributed by atoms with Gasteiger partial charge in [-0.15, -0.1) is 0 Å². The fourth-order valence-corrected chi connectivity index (χ4v) is 10.7. The lowest BCUT2D eigenvalue weighted by Crippen LogP contribution is -2.68. The van der Waals surface area contributed by atoms with E-state index in [4.69, 9.17) is 47.4 Å². The Labute approximate surface area is 444 Å². The molecule has 77 heavy (non-hydrogen) atoms. The molecule has 16 N–H and O–H groups in total. The molecule has 1 aliphatic carbocycles. The van der Waals surface area contributed by atoms with Crippen LogP contribution in [0, 0.1) is 5.41 Å². The first-order valence-corrected chi connectivity index (χ1v) is 25.7. The van der Waals surface area contributed by atoms with Crippen molar-refractivity contribution in [3.05, 3.63) is 46.6 Å². The van der Waals surface area contributed by atoms with E-state index in [0.29, 0.717) is 11.1 Å². The summed E-state index contributed by atoms with van der Waals surface area (Å²) in [6.07, 6.45) is -35.5. The van der Waals surface area contributed by atoms with Crippen molar-refractivity contribution in [3.63, 3.8) is 0 Å². The highest BCUT2D eigenvalue weighted by molar-refractivity contribution is 5.68. The molecule has 27 nitrogen and oxygen atoms in total. The van der Waals surface area contributed by atoms with E-state index < -0.39 is 204 Å². The molecule has 27 heteroatoms. The van der Waals surface area contributed by atoms with E-state index in [-0.39, 0.29) is 12.8 Å². The van der Waals surface area contributed by atoms with Gasteiger partial charge in [-0.25, -0.2) is 0 Å². The zero-order chi connectivity index (χ0) is 56.8. The van der Waals surface area contributed by atoms with E-state index in [1.165, 1.54) is 5.57 Å². The van der Waals surface area contributed by atoms with Crippen LogP contribution in [0.3, 0.4) is 0 Å². The molecular formula is C50H80O27. The van der Waals surface area contributed by atoms with Crippen LogP contribution in [0.5, 0.6) is 0 Å². The number of carboxylic acids is 1. The third-order valence-corrected chi connectivity index (χ3v) is 14.8. The lowest BCUT2D eigenvalue weighted by atomic mass is 9.67. The van der Waals surface area contributed by atoms with Crippen LogP contribution >= 0.6 is 0 Å². The molecular weight excluding hydrogens is 1030 g/mol. The molecule has 442 valence electrons. The van der Waals surface area contributed by atoms with E-state index in [9.17, 15) is 86.5 Å². The van der Waals surface area contributed by atoms with Gasteiger partial charge in [-0.2, -0.15) is 0 Å². The quantitative estimate of drug-likeness (QED) is 0.0356. The second-order valence-corrected chi connectivity index (χ2v) is 21.1. The first-order chi connectivity index (χ1) is 36.4. The number of allylic oxidation sites excluding steroid dienone is 6. The number of hydrogen-bond donors (Lipinski definition) is 16. The van der Waals surface area contributed by atoms with Crippen LogP contribution in [-0.4, -0.2) is 274 Å². The van der Waals surface area contributed by atoms with Gasteiger partial charge in [0.15, 0.2) is 31.5 Å². The van der Waals surface area contributed by atoms with E-state index in [0.717, 1.165) is 18.4 Å². The Bertz CT molecular complexity index is 2020. The van der Waals surface area contributed by atoms with Crippen molar-refractivity contribution in [2.75, 3.05) is 33.0 Å². The van der Waals surface area contributed by atoms with Crippen molar-refractivity contribution in [1.29, 1.82) is 0 Å². The van der Waals surface area contributed by atoms with Crippen LogP contribution in [-0.2, 0) is 52.2 Å². The van der Waals surface area contributed by atoms with Crippen LogP contribution in [0.15, 0.2) is 46.6 Å². The molecule has 0 aromatic heterocycles. The highest BCUT2D eigenvalue weighted by Crippen LogP contribution is 2.47. The number of carboxylic acid groups (broad SMARTS) is 1. The van der Waals surface area contributed by atoms with Gasteiger partial charge in [-0.05, 0) is 59.0 Å². The first kappa shape index (κ1) is 63.6. The second-order valence-electron chi connectivity index (χ2n) is 21.1. The Balaban J connectivity index is 1.32. The molecule has 0 saturated carbocycles. The van der Waals surface area contributed by atoms with Crippen molar-refractivity contribution in [2.45, 2.75) is 220 Å². The summed E-state index contributed by atoms with van der Waals surface area (Å²) in [5.41, 5.74) is 2.15. The number of aliphatic hydroxyl groups excluding tert-OH is 15. The fraction of sp³-hybridized carbons (Fsp3) is 0.820. The van der Waals surface area contributed by atoms with Crippen molar-refractivity contribution >= 4 is 5.97 Å². The molecule has 6 aliphatic rings. The summed E-state index contributed by atoms with van der Waals surface area (Å²) in [6, 6.07) is 0. The zero-order valence-corrected chi connectivity index (χ0v) is 43.5. The molecule has 0 aromatic rings. The summed E-state index contributed by atoms with van der Waals surface area (Å²) in [4.78, 5) is 11.9. The van der Waals surface area contributed by atoms with Crippen molar-refractivity contribution in [2.24, 2.45) is 5.41 Å². The van der Waals surface area contributed by atoms with Crippen molar-refractivity contribution < 1.29 is 134 Å². The predicted octanol–water partition coefficient (Wildman–Crippen LogP) is -5.05. The lowest BCUT2D eigenvalue weighted by Gasteiger charge is -2.50. The average molecular weight is 1110 g/mol. The minimum atomic E-state index is -2.18. The first-order valence-electron chi connectivity index (χ1n) is 25.7. The smallest absolute Gasteiger partial charge is 0.306 e. The van der Waals surface area contributed by atoms with E-state index in [2.05, 4.69) is 6.08 Å². The maximum absolute atomic E-state index is 12.4. The molecule has 6 rings (SSSR count). The molecule has 0 aromatic carbocycles. The van der Waals surface area contributed by atoms with E-state index >= 15 is 0 Å². The lowest BCUT2D eigenvalue weighted by molar-refractivity contribution is -0.400. The predicted molar refractivity (Wildman–Crippen MR) is 257 cm³/mol. The number of ether oxygens (including phenoxy) is 10. The van der Waals surface area contributed by atoms with Crippen molar-refractivity contribution in [1.82, 2.24) is 0 Å². The Morgan fingerprint density at radius 1 is 0.623 bits per heavy atom. The molecule has 0 spiro atoms. The van der Waals surface area contributed by atoms with Gasteiger partial charge in [0.05, 0.1) is 51.7 Å². The van der Waals surface area contributed by atoms with Gasteiger partial charge in [-0.3, -0.25) is 4.79 Å². The monoisotopic (exact) mass is 1110 g/mol. The highest BCUT2D eigenvalue weighted by Gasteiger charge is 2.58. The molecule has 5 heterocycles. The van der Waals surface area contributed by atoms with Crippen LogP contribution in [0.2, 0.25) is 0 Å². The van der Waals surface area contributed by atoms with Gasteiger partial charge in [-0.1, -0.05) is 47.9 Å². The van der Waals surface area contributed by atoms with Gasteiger partial charge in [0, 0.05) is 5.41 Å². The molecule has 0 unspecified atom stereocenters. The van der Waals surface area contributed by atoms with Crippen LogP contribution in [0.4, 0.5) is 0 Å². The third kappa shape index (κ3) is 14.9. The number of aliphatic hydroxyl groups is 15. The minimum Gasteiger partial charge on any atom is -0.481 e. The van der Waals surface area contributed by atoms with Crippen LogP contribution in [0.1, 0.15) is 66.7 Å². The van der Waals surface area contributed by atoms with Crippen molar-refractivity contribution in [3.8, 4) is 0 Å². The standard InChI is InChI=1S/C50H80O27/c1-20(2)8-6-9-21(3)10-7-11-50(5)14-23(12-22(4)31(50)24(55)13-30(57)58)69-49-44(77-45-36(63)32(59)25(56)19-68-45)39(66)41(28(17-53)73-49)74-48-40(67)43(76-46-37(64)34(61)27(16-52)71-46)42(29(18-54)72-48)75-47-38(65)35(62)33(60)26(15-51)70-47/h7-8,10-11,23-29,32-49,51-56,59-67H,6,9,12-19H2,1-5H3,(H,57,58)/b11-7+,21-10+/t23-,24-,25+,26+,27+,28+,29+,32-,33+,34+,35-,36+,37-,38+,39-,40+,41+,42+,43+,44+,45-,46-,47-,48-,49+,50+/m0/s1. The second kappa shape index (κ2) is 27.9. The molecule has 0 radical (unpaired) electrons. The SMILES string of the molecule is CC(C)=CCC/C(C)=C/C=C/[C@]1(C)C[C@@H](O[C@@H]2O[C@H](CO)[C@@H](O[C@@H]3O[C@H](CO)[C@@H](O[C@@H]4O[C@H](CO)[C@@H](O)[C@H](O)[C@H]4O)[C@H](O[C@@H]4O[C@H](CO)[C@@H](O)[C@@H]4O)[C@H]3O)[C@H](O)[C@H]2O[C@@H]2OC[C@@H](O)[C@H](O)[C@H]2O)CC(C)=C1[C@@H](O)CC(=O)O. The van der Waals surface area contributed by atoms with Gasteiger partial charge in [0.25, 0.3) is 0 Å². The third-order valence-electron chi connectivity index (χ3n) is 14.8. The van der Waals surface area contributed by atoms with E-state index in [1.54, 1.807) is 19.9 Å². The fourth-order valence-electron chi connectivity index (χ4n) is 10.7. The normalized spacial score (nSPS) is 44.6. The highest BCUT2D eigenvalue weighted by atomic mass is 16.8. The molecule has 5 saturated heterocycles. The Kier molecular flexibility index (Phi) is 23.1. The Hall–Kier alpha value is -2.57. The summed E-state index contributed by atoms with van der Waals surface area (Å²) >= 11 is 0. The number of aliphatic carboxylic acids is 1. The average Bonchev–Trinajstić information content (AvgIpc) is 3.64. The summed E-state index contributed by atoms with van der Waals surface area (Å²) in [5.74, 6) is -1.24. The van der Waals surface area contributed by atoms with Gasteiger partial charge in [0.1, 0.15) is 110 Å². The Morgan fingerprint density at radius 2 is 1.13 bits per heavy atom. The number of carbonyl (C=O) groups is 1. The summed E-state index contributed by atoms with van der Waals surface area (Å²) in [7, 11) is 0. The molecule has 5 fully saturated rings. The summed E-state index contributed by atoms with van der Waals surface area (Å²) in [5, 5.41) is 172. The number of rotatable bonds is 22. The molecule has 5 aliphatic heterocycles. The molecule has 0 amide bonds. The maximum atomic E-state index is 12.4. The summed E-state index contributed by atoms with van der Waals surface area (Å²) in [6.45, 7) is 5.25. The Morgan fingerprint density at radius 3 is 1.73 bits per heavy atom. The van der Waals surface area contributed by atoms with Crippen LogP contribution in [0.25, 0.3) is 0 Å². The maximum Gasteiger partial charge on any atom is 0.306 e. The number of hydrogen-bond acceptors (Lipinski definition) is 26. The molecule has 26 atom stereocenters. The summed E-state index contributed by atoms with van der Waals surface area (Å²) < 4.78 is 59.5. The van der Waals surface area contributed by atoms with E-state index in [1.807, 2.05) is 32.9 Å². The van der Waals surface area contributed by atoms with Gasteiger partial charge >= 0.3 is 5.97 Å². The minimum absolute atomic E-state index is 0.0702. The largest absolute Gasteiger partial charge is 0.481 e.